The van der Waals surface area contributed by atoms with Crippen LogP contribution in [0.5, 0.6) is 0 Å². The number of rotatable bonds is 3. The van der Waals surface area contributed by atoms with Gasteiger partial charge < -0.3 is 5.32 Å². The van der Waals surface area contributed by atoms with Crippen LogP contribution in [0.3, 0.4) is 0 Å². The van der Waals surface area contributed by atoms with Gasteiger partial charge in [0, 0.05) is 10.9 Å². The molecule has 1 aromatic heterocycles. The Morgan fingerprint density at radius 1 is 1.28 bits per heavy atom. The predicted octanol–water partition coefficient (Wildman–Crippen LogP) is 4.62. The normalized spacial score (nSPS) is 25.1. The number of aryl methyl sites for hydroxylation is 1. The maximum Gasteiger partial charge on any atom is 0.0704 e. The number of fused-ring (bicyclic) bond motifs is 1. The highest BCUT2D eigenvalue weighted by atomic mass is 79.9. The van der Waals surface area contributed by atoms with Crippen LogP contribution in [0.1, 0.15) is 42.2 Å². The summed E-state index contributed by atoms with van der Waals surface area (Å²) >= 11 is 7.68. The highest BCUT2D eigenvalue weighted by molar-refractivity contribution is 9.11. The van der Waals surface area contributed by atoms with Gasteiger partial charge in [0.05, 0.1) is 3.79 Å². The van der Waals surface area contributed by atoms with Crippen LogP contribution in [0.15, 0.2) is 9.85 Å². The summed E-state index contributed by atoms with van der Waals surface area (Å²) in [5.74, 6) is 3.65. The van der Waals surface area contributed by atoms with Crippen molar-refractivity contribution in [2.45, 2.75) is 38.1 Å². The molecule has 1 aromatic rings. The van der Waals surface area contributed by atoms with Crippen LogP contribution < -0.4 is 5.32 Å². The smallest absolute Gasteiger partial charge is 0.0704 e. The van der Waals surface area contributed by atoms with E-state index in [2.05, 4.69) is 39.1 Å². The average Bonchev–Trinajstić information content (AvgIpc) is 2.78. The van der Waals surface area contributed by atoms with E-state index in [1.165, 1.54) is 53.9 Å². The summed E-state index contributed by atoms with van der Waals surface area (Å²) in [7, 11) is 0. The van der Waals surface area contributed by atoms with Gasteiger partial charge >= 0.3 is 0 Å². The van der Waals surface area contributed by atoms with Crippen LogP contribution in [-0.4, -0.2) is 18.1 Å². The molecule has 0 amide bonds. The Morgan fingerprint density at radius 3 is 2.94 bits per heavy atom. The molecule has 2 aliphatic rings. The van der Waals surface area contributed by atoms with Crippen molar-refractivity contribution in [2.24, 2.45) is 5.92 Å². The molecule has 0 radical (unpaired) electrons. The predicted molar refractivity (Wildman–Crippen MR) is 85.7 cm³/mol. The van der Waals surface area contributed by atoms with Crippen LogP contribution in [0.4, 0.5) is 0 Å². The first-order chi connectivity index (χ1) is 8.83. The summed E-state index contributed by atoms with van der Waals surface area (Å²) < 4.78 is 1.30. The lowest BCUT2D eigenvalue weighted by atomic mass is 9.93. The maximum atomic E-state index is 3.84. The Kier molecular flexibility index (Phi) is 4.71. The van der Waals surface area contributed by atoms with E-state index in [0.717, 1.165) is 5.92 Å². The van der Waals surface area contributed by atoms with E-state index in [4.69, 9.17) is 0 Å². The van der Waals surface area contributed by atoms with Crippen molar-refractivity contribution in [3.63, 3.8) is 0 Å². The monoisotopic (exact) mass is 345 g/mol. The van der Waals surface area contributed by atoms with Gasteiger partial charge in [-0.1, -0.05) is 0 Å². The number of thioether (sulfide) groups is 1. The summed E-state index contributed by atoms with van der Waals surface area (Å²) in [6.07, 6.45) is 6.76. The molecule has 0 bridgehead atoms. The highest BCUT2D eigenvalue weighted by Crippen LogP contribution is 2.38. The van der Waals surface area contributed by atoms with Crippen LogP contribution >= 0.6 is 39.0 Å². The number of halogens is 1. The van der Waals surface area contributed by atoms with Crippen LogP contribution in [-0.2, 0) is 6.42 Å². The average molecular weight is 346 g/mol. The number of nitrogens with one attached hydrogen (secondary N) is 1. The Bertz CT molecular complexity index is 398. The fraction of sp³-hybridized carbons (Fsp3) is 0.714. The molecule has 3 rings (SSSR count). The molecule has 100 valence electrons. The van der Waals surface area contributed by atoms with Crippen molar-refractivity contribution >= 4 is 39.0 Å². The van der Waals surface area contributed by atoms with Crippen LogP contribution in [0.2, 0.25) is 0 Å². The van der Waals surface area contributed by atoms with E-state index >= 15 is 0 Å². The van der Waals surface area contributed by atoms with E-state index in [1.807, 2.05) is 11.3 Å². The molecular formula is C14H20BrNS2. The largest absolute Gasteiger partial charge is 0.310 e. The van der Waals surface area contributed by atoms with Crippen LogP contribution in [0.25, 0.3) is 0 Å². The van der Waals surface area contributed by atoms with E-state index in [-0.39, 0.29) is 0 Å². The lowest BCUT2D eigenvalue weighted by Gasteiger charge is -2.28. The molecular weight excluding hydrogens is 326 g/mol. The maximum absolute atomic E-state index is 3.84. The van der Waals surface area contributed by atoms with Crippen LogP contribution in [0, 0.1) is 5.92 Å². The zero-order valence-corrected chi connectivity index (χ0v) is 13.8. The topological polar surface area (TPSA) is 12.0 Å². The standard InChI is InChI=1S/C14H20BrNS2/c15-14-8-11-12(2-1-3-13(11)18-14)16-9-10-4-6-17-7-5-10/h8,10,12,16H,1-7,9H2. The highest BCUT2D eigenvalue weighted by Gasteiger charge is 2.23. The van der Waals surface area contributed by atoms with Crippen molar-refractivity contribution in [3.8, 4) is 0 Å². The fourth-order valence-corrected chi connectivity index (χ4v) is 6.02. The minimum Gasteiger partial charge on any atom is -0.310 e. The van der Waals surface area contributed by atoms with Gasteiger partial charge in [0.25, 0.3) is 0 Å². The molecule has 4 heteroatoms. The second-order valence-corrected chi connectivity index (χ2v) is 9.08. The van der Waals surface area contributed by atoms with Gasteiger partial charge in [-0.2, -0.15) is 11.8 Å². The minimum absolute atomic E-state index is 0.617. The molecule has 1 saturated heterocycles. The van der Waals surface area contributed by atoms with Gasteiger partial charge in [-0.25, -0.2) is 0 Å². The third kappa shape index (κ3) is 3.14. The Hall–Kier alpha value is 0.490. The Morgan fingerprint density at radius 2 is 2.11 bits per heavy atom. The molecule has 1 aliphatic carbocycles. The second-order valence-electron chi connectivity index (χ2n) is 5.34. The third-order valence-electron chi connectivity index (χ3n) is 4.08. The first kappa shape index (κ1) is 13.5. The summed E-state index contributed by atoms with van der Waals surface area (Å²) in [4.78, 5) is 1.60. The van der Waals surface area contributed by atoms with Gasteiger partial charge in [-0.15, -0.1) is 11.3 Å². The van der Waals surface area contributed by atoms with Gasteiger partial charge in [-0.05, 0) is 83.6 Å². The number of thiophene rings is 1. The molecule has 1 nitrogen and oxygen atoms in total. The number of hydrogen-bond donors (Lipinski definition) is 1. The fourth-order valence-electron chi connectivity index (χ4n) is 2.99. The SMILES string of the molecule is Brc1cc2c(s1)CCCC2NCC1CCSCC1. The molecule has 1 N–H and O–H groups in total. The molecule has 1 atom stereocenters. The van der Waals surface area contributed by atoms with Crippen molar-refractivity contribution in [1.29, 1.82) is 0 Å². The Labute approximate surface area is 126 Å². The van der Waals surface area contributed by atoms with E-state index in [1.54, 1.807) is 10.4 Å². The zero-order chi connectivity index (χ0) is 12.4. The van der Waals surface area contributed by atoms with Crippen molar-refractivity contribution in [1.82, 2.24) is 5.32 Å². The first-order valence-corrected chi connectivity index (χ1v) is 9.68. The molecule has 2 heterocycles. The molecule has 1 aliphatic heterocycles. The van der Waals surface area contributed by atoms with E-state index in [0.29, 0.717) is 6.04 Å². The van der Waals surface area contributed by atoms with Gasteiger partial charge in [0.1, 0.15) is 0 Å². The first-order valence-electron chi connectivity index (χ1n) is 6.92. The molecule has 1 unspecified atom stereocenters. The molecule has 1 fully saturated rings. The van der Waals surface area contributed by atoms with Gasteiger partial charge in [-0.3, -0.25) is 0 Å². The lowest BCUT2D eigenvalue weighted by molar-refractivity contribution is 0.386. The van der Waals surface area contributed by atoms with E-state index < -0.39 is 0 Å². The van der Waals surface area contributed by atoms with Crippen molar-refractivity contribution < 1.29 is 0 Å². The van der Waals surface area contributed by atoms with Crippen molar-refractivity contribution in [3.05, 3.63) is 20.3 Å². The third-order valence-corrected chi connectivity index (χ3v) is 6.84. The quantitative estimate of drug-likeness (QED) is 0.857. The van der Waals surface area contributed by atoms with Gasteiger partial charge in [0.2, 0.25) is 0 Å². The molecule has 18 heavy (non-hydrogen) atoms. The summed E-state index contributed by atoms with van der Waals surface area (Å²) in [5, 5.41) is 3.84. The Balaban J connectivity index is 1.59. The van der Waals surface area contributed by atoms with E-state index in [9.17, 15) is 0 Å². The lowest BCUT2D eigenvalue weighted by Crippen LogP contribution is -2.30. The second kappa shape index (κ2) is 6.29. The summed E-state index contributed by atoms with van der Waals surface area (Å²) in [6, 6.07) is 2.96. The summed E-state index contributed by atoms with van der Waals surface area (Å²) in [5.41, 5.74) is 1.57. The number of hydrogen-bond acceptors (Lipinski definition) is 3. The van der Waals surface area contributed by atoms with Gasteiger partial charge in [0.15, 0.2) is 0 Å². The van der Waals surface area contributed by atoms with Crippen molar-refractivity contribution in [2.75, 3.05) is 18.1 Å². The summed E-state index contributed by atoms with van der Waals surface area (Å²) in [6.45, 7) is 1.22. The minimum atomic E-state index is 0.617. The molecule has 0 aromatic carbocycles. The molecule has 0 spiro atoms. The zero-order valence-electron chi connectivity index (χ0n) is 10.6. The molecule has 0 saturated carbocycles.